The van der Waals surface area contributed by atoms with Crippen LogP contribution in [0.4, 0.5) is 13.2 Å². The van der Waals surface area contributed by atoms with Crippen LogP contribution < -0.4 is 5.56 Å². The van der Waals surface area contributed by atoms with Crippen molar-refractivity contribution < 1.29 is 13.2 Å². The summed E-state index contributed by atoms with van der Waals surface area (Å²) in [7, 11) is 1.59. The predicted molar refractivity (Wildman–Crippen MR) is 94.5 cm³/mol. The van der Waals surface area contributed by atoms with E-state index >= 15 is 0 Å². The van der Waals surface area contributed by atoms with Gasteiger partial charge in [0, 0.05) is 12.4 Å². The molecule has 0 aliphatic carbocycles. The van der Waals surface area contributed by atoms with Crippen molar-refractivity contribution in [3.63, 3.8) is 0 Å². The Morgan fingerprint density at radius 3 is 2.52 bits per heavy atom. The first-order chi connectivity index (χ1) is 12.9. The molecule has 4 rings (SSSR count). The van der Waals surface area contributed by atoms with Gasteiger partial charge < -0.3 is 4.57 Å². The number of nitrogens with zero attached hydrogens (tertiary/aromatic N) is 4. The first kappa shape index (κ1) is 17.0. The fourth-order valence-corrected chi connectivity index (χ4v) is 3.15. The smallest absolute Gasteiger partial charge is 0.311 e. The average Bonchev–Trinajstić information content (AvgIpc) is 3.18. The van der Waals surface area contributed by atoms with Crippen LogP contribution >= 0.6 is 0 Å². The molecule has 0 saturated carbocycles. The van der Waals surface area contributed by atoms with E-state index in [-0.39, 0.29) is 11.1 Å². The topological polar surface area (TPSA) is 52.7 Å². The van der Waals surface area contributed by atoms with Crippen molar-refractivity contribution in [3.8, 4) is 16.8 Å². The minimum Gasteiger partial charge on any atom is -0.311 e. The van der Waals surface area contributed by atoms with Crippen molar-refractivity contribution in [2.45, 2.75) is 6.18 Å². The molecular formula is C19H13F3N4O. The Morgan fingerprint density at radius 2 is 1.81 bits per heavy atom. The maximum atomic E-state index is 13.2. The van der Waals surface area contributed by atoms with E-state index < -0.39 is 17.3 Å². The highest BCUT2D eigenvalue weighted by Gasteiger charge is 2.31. The van der Waals surface area contributed by atoms with Crippen LogP contribution in [0.3, 0.4) is 0 Å². The van der Waals surface area contributed by atoms with Crippen molar-refractivity contribution in [1.29, 1.82) is 0 Å². The Bertz CT molecular complexity index is 1190. The summed E-state index contributed by atoms with van der Waals surface area (Å²) in [5.74, 6) is 0. The van der Waals surface area contributed by atoms with Crippen LogP contribution in [0.5, 0.6) is 0 Å². The highest BCUT2D eigenvalue weighted by molar-refractivity contribution is 5.94. The van der Waals surface area contributed by atoms with Gasteiger partial charge in [-0.3, -0.25) is 4.79 Å². The molecule has 0 N–H and O–H groups in total. The lowest BCUT2D eigenvalue weighted by Gasteiger charge is -2.16. The minimum absolute atomic E-state index is 0.132. The summed E-state index contributed by atoms with van der Waals surface area (Å²) in [6.07, 6.45) is -1.79. The van der Waals surface area contributed by atoms with Crippen molar-refractivity contribution in [2.75, 3.05) is 0 Å². The van der Waals surface area contributed by atoms with Gasteiger partial charge in [-0.1, -0.05) is 30.3 Å². The van der Waals surface area contributed by atoms with E-state index in [0.717, 1.165) is 12.1 Å². The van der Waals surface area contributed by atoms with E-state index in [0.29, 0.717) is 16.6 Å². The zero-order chi connectivity index (χ0) is 19.2. The summed E-state index contributed by atoms with van der Waals surface area (Å²) in [4.78, 5) is 17.0. The molecule has 136 valence electrons. The predicted octanol–water partition coefficient (Wildman–Crippen LogP) is 3.81. The Morgan fingerprint density at radius 1 is 1.04 bits per heavy atom. The highest BCUT2D eigenvalue weighted by Crippen LogP contribution is 2.34. The Hall–Kier alpha value is -3.42. The summed E-state index contributed by atoms with van der Waals surface area (Å²) in [6.45, 7) is 0. The van der Waals surface area contributed by atoms with E-state index in [4.69, 9.17) is 0 Å². The number of pyridine rings is 1. The van der Waals surface area contributed by atoms with Crippen LogP contribution in [-0.4, -0.2) is 19.3 Å². The summed E-state index contributed by atoms with van der Waals surface area (Å²) in [5, 5.41) is 4.78. The Labute approximate surface area is 151 Å². The van der Waals surface area contributed by atoms with Gasteiger partial charge in [0.2, 0.25) is 0 Å². The van der Waals surface area contributed by atoms with E-state index in [1.807, 2.05) is 0 Å². The summed E-state index contributed by atoms with van der Waals surface area (Å²) >= 11 is 0. The van der Waals surface area contributed by atoms with Crippen LogP contribution in [0.15, 0.2) is 66.0 Å². The van der Waals surface area contributed by atoms with Crippen LogP contribution in [0.2, 0.25) is 0 Å². The van der Waals surface area contributed by atoms with Crippen LogP contribution in [-0.2, 0) is 13.2 Å². The molecule has 0 saturated heterocycles. The van der Waals surface area contributed by atoms with Gasteiger partial charge in [-0.15, -0.1) is 0 Å². The van der Waals surface area contributed by atoms with Gasteiger partial charge in [-0.2, -0.15) is 18.3 Å². The molecule has 0 bridgehead atoms. The fraction of sp³-hybridized carbons (Fsp3) is 0.105. The molecule has 0 aliphatic rings. The molecule has 2 aromatic carbocycles. The Balaban J connectivity index is 2.14. The normalized spacial score (nSPS) is 11.9. The van der Waals surface area contributed by atoms with Gasteiger partial charge in [0.05, 0.1) is 22.3 Å². The molecule has 0 radical (unpaired) electrons. The van der Waals surface area contributed by atoms with Gasteiger partial charge in [0.1, 0.15) is 12.7 Å². The molecule has 0 fully saturated rings. The standard InChI is InChI=1S/C19H13F3N4O/c1-25-15-8-3-2-7-14(15)17(26-11-23-10-24-26)16(18(25)27)12-5-4-6-13(9-12)19(20,21)22/h2-11H,1H3. The number of para-hydroxylation sites is 1. The third kappa shape index (κ3) is 2.79. The number of aromatic nitrogens is 4. The van der Waals surface area contributed by atoms with Crippen molar-refractivity contribution >= 4 is 10.9 Å². The minimum atomic E-state index is -4.51. The number of benzene rings is 2. The van der Waals surface area contributed by atoms with Crippen molar-refractivity contribution in [2.24, 2.45) is 7.05 Å². The molecule has 0 unspecified atom stereocenters. The van der Waals surface area contributed by atoms with E-state index in [2.05, 4.69) is 10.1 Å². The lowest BCUT2D eigenvalue weighted by Crippen LogP contribution is -2.22. The number of halogens is 3. The molecule has 0 atom stereocenters. The summed E-state index contributed by atoms with van der Waals surface area (Å²) in [6, 6.07) is 11.9. The third-order valence-electron chi connectivity index (χ3n) is 4.40. The number of rotatable bonds is 2. The second-order valence-corrected chi connectivity index (χ2v) is 6.02. The number of fused-ring (bicyclic) bond motifs is 1. The van der Waals surface area contributed by atoms with Crippen molar-refractivity contribution in [3.05, 3.63) is 77.1 Å². The molecule has 27 heavy (non-hydrogen) atoms. The third-order valence-corrected chi connectivity index (χ3v) is 4.40. The molecule has 5 nitrogen and oxygen atoms in total. The van der Waals surface area contributed by atoms with Crippen LogP contribution in [0, 0.1) is 0 Å². The number of hydrogen-bond donors (Lipinski definition) is 0. The largest absolute Gasteiger partial charge is 0.416 e. The highest BCUT2D eigenvalue weighted by atomic mass is 19.4. The van der Waals surface area contributed by atoms with Gasteiger partial charge in [-0.25, -0.2) is 9.67 Å². The molecule has 2 aromatic heterocycles. The Kier molecular flexibility index (Phi) is 3.83. The van der Waals surface area contributed by atoms with Crippen LogP contribution in [0.1, 0.15) is 5.56 Å². The maximum Gasteiger partial charge on any atom is 0.416 e. The molecule has 8 heteroatoms. The van der Waals surface area contributed by atoms with Gasteiger partial charge in [0.25, 0.3) is 5.56 Å². The second-order valence-electron chi connectivity index (χ2n) is 6.02. The molecular weight excluding hydrogens is 357 g/mol. The maximum absolute atomic E-state index is 13.2. The van der Waals surface area contributed by atoms with E-state index in [1.165, 1.54) is 34.0 Å². The van der Waals surface area contributed by atoms with Gasteiger partial charge in [-0.05, 0) is 23.8 Å². The molecule has 2 heterocycles. The lowest BCUT2D eigenvalue weighted by atomic mass is 9.99. The second kappa shape index (κ2) is 6.08. The fourth-order valence-electron chi connectivity index (χ4n) is 3.15. The molecule has 4 aromatic rings. The van der Waals surface area contributed by atoms with E-state index in [1.54, 1.807) is 31.3 Å². The lowest BCUT2D eigenvalue weighted by molar-refractivity contribution is -0.137. The number of hydrogen-bond acceptors (Lipinski definition) is 3. The average molecular weight is 370 g/mol. The molecule has 0 amide bonds. The monoisotopic (exact) mass is 370 g/mol. The molecule has 0 spiro atoms. The summed E-state index contributed by atoms with van der Waals surface area (Å²) in [5.41, 5.74) is 0.0991. The van der Waals surface area contributed by atoms with Gasteiger partial charge >= 0.3 is 6.18 Å². The summed E-state index contributed by atoms with van der Waals surface area (Å²) < 4.78 is 42.4. The first-order valence-corrected chi connectivity index (χ1v) is 8.02. The zero-order valence-corrected chi connectivity index (χ0v) is 14.1. The van der Waals surface area contributed by atoms with Gasteiger partial charge in [0.15, 0.2) is 0 Å². The SMILES string of the molecule is Cn1c(=O)c(-c2cccc(C(F)(F)F)c2)c(-n2cncn2)c2ccccc21. The number of aryl methyl sites for hydroxylation is 1. The first-order valence-electron chi connectivity index (χ1n) is 8.02. The quantitative estimate of drug-likeness (QED) is 0.539. The zero-order valence-electron chi connectivity index (χ0n) is 14.1. The van der Waals surface area contributed by atoms with E-state index in [9.17, 15) is 18.0 Å². The van der Waals surface area contributed by atoms with Crippen molar-refractivity contribution in [1.82, 2.24) is 19.3 Å². The number of alkyl halides is 3. The van der Waals surface area contributed by atoms with Crippen LogP contribution in [0.25, 0.3) is 27.7 Å². The molecule has 0 aliphatic heterocycles.